The molecule has 0 spiro atoms. The number of aromatic hydroxyl groups is 1. The maximum absolute atomic E-state index is 9.57. The van der Waals surface area contributed by atoms with Crippen LogP contribution in [0.3, 0.4) is 0 Å². The first-order chi connectivity index (χ1) is 6.56. The zero-order chi connectivity index (χ0) is 10.7. The maximum Gasteiger partial charge on any atom is 0.139 e. The molecule has 0 bridgehead atoms. The van der Waals surface area contributed by atoms with Crippen molar-refractivity contribution in [1.82, 2.24) is 4.98 Å². The molecular formula is C9H13NO3S. The van der Waals surface area contributed by atoms with Gasteiger partial charge in [0.1, 0.15) is 17.5 Å². The lowest BCUT2D eigenvalue weighted by Crippen LogP contribution is -2.21. The Labute approximate surface area is 87.6 Å². The van der Waals surface area contributed by atoms with E-state index in [0.29, 0.717) is 5.69 Å². The van der Waals surface area contributed by atoms with Crippen LogP contribution in [0.15, 0.2) is 12.1 Å². The summed E-state index contributed by atoms with van der Waals surface area (Å²) >= 11 is 3.85. The molecule has 2 unspecified atom stereocenters. The highest BCUT2D eigenvalue weighted by Crippen LogP contribution is 2.24. The molecule has 14 heavy (non-hydrogen) atoms. The largest absolute Gasteiger partial charge is 0.506 e. The number of aryl methyl sites for hydroxylation is 1. The second-order valence-corrected chi connectivity index (χ2v) is 3.42. The molecule has 3 N–H and O–H groups in total. The fraction of sp³-hybridized carbons (Fsp3) is 0.444. The van der Waals surface area contributed by atoms with Crippen LogP contribution in [-0.4, -0.2) is 32.2 Å². The second kappa shape index (κ2) is 4.63. The molecule has 0 aliphatic rings. The number of thiol groups is 1. The molecule has 0 radical (unpaired) electrons. The molecular weight excluding hydrogens is 202 g/mol. The van der Waals surface area contributed by atoms with E-state index < -0.39 is 12.2 Å². The van der Waals surface area contributed by atoms with Gasteiger partial charge in [-0.1, -0.05) is 0 Å². The number of rotatable bonds is 3. The first kappa shape index (κ1) is 11.3. The minimum Gasteiger partial charge on any atom is -0.506 e. The lowest BCUT2D eigenvalue weighted by atomic mass is 10.1. The van der Waals surface area contributed by atoms with Crippen LogP contribution < -0.4 is 0 Å². The summed E-state index contributed by atoms with van der Waals surface area (Å²) in [5.41, 5.74) is 0.759. The summed E-state index contributed by atoms with van der Waals surface area (Å²) in [6.07, 6.45) is -2.23. The predicted octanol–water partition coefficient (Wildman–Crippen LogP) is 0.420. The second-order valence-electron chi connectivity index (χ2n) is 3.05. The Morgan fingerprint density at radius 1 is 1.43 bits per heavy atom. The van der Waals surface area contributed by atoms with Gasteiger partial charge in [-0.05, 0) is 19.1 Å². The van der Waals surface area contributed by atoms with Gasteiger partial charge in [0.2, 0.25) is 0 Å². The predicted molar refractivity (Wildman–Crippen MR) is 55.5 cm³/mol. The fourth-order valence-electron chi connectivity index (χ4n) is 1.07. The van der Waals surface area contributed by atoms with Gasteiger partial charge in [0.15, 0.2) is 0 Å². The van der Waals surface area contributed by atoms with Crippen molar-refractivity contribution in [3.05, 3.63) is 23.5 Å². The van der Waals surface area contributed by atoms with Crippen molar-refractivity contribution >= 4 is 12.6 Å². The Hall–Kier alpha value is -0.780. The Morgan fingerprint density at radius 3 is 2.64 bits per heavy atom. The van der Waals surface area contributed by atoms with E-state index in [4.69, 9.17) is 0 Å². The summed E-state index contributed by atoms with van der Waals surface area (Å²) < 4.78 is 0. The molecule has 4 nitrogen and oxygen atoms in total. The Bertz CT molecular complexity index is 319. The number of nitrogens with zero attached hydrogens (tertiary/aromatic N) is 1. The van der Waals surface area contributed by atoms with Gasteiger partial charge in [0.25, 0.3) is 0 Å². The molecule has 1 aromatic rings. The van der Waals surface area contributed by atoms with E-state index in [9.17, 15) is 15.3 Å². The zero-order valence-corrected chi connectivity index (χ0v) is 8.65. The van der Waals surface area contributed by atoms with Gasteiger partial charge in [-0.15, -0.1) is 0 Å². The average molecular weight is 215 g/mol. The van der Waals surface area contributed by atoms with Gasteiger partial charge in [0.05, 0.1) is 6.10 Å². The standard InChI is InChI=1S/C9H13NO3S/c1-5-2-3-6(11)8(10-5)9(13)7(12)4-14/h2-3,7,9,11-14H,4H2,1H3. The molecule has 2 atom stereocenters. The van der Waals surface area contributed by atoms with Crippen molar-refractivity contribution in [1.29, 1.82) is 0 Å². The van der Waals surface area contributed by atoms with Gasteiger partial charge in [0, 0.05) is 11.4 Å². The summed E-state index contributed by atoms with van der Waals surface area (Å²) in [4.78, 5) is 3.95. The third-order valence-electron chi connectivity index (χ3n) is 1.87. The first-order valence-electron chi connectivity index (χ1n) is 4.19. The van der Waals surface area contributed by atoms with Crippen LogP contribution in [0, 0.1) is 6.92 Å². The van der Waals surface area contributed by atoms with Gasteiger partial charge < -0.3 is 15.3 Å². The van der Waals surface area contributed by atoms with Crippen molar-refractivity contribution in [2.24, 2.45) is 0 Å². The highest BCUT2D eigenvalue weighted by atomic mass is 32.1. The van der Waals surface area contributed by atoms with Crippen molar-refractivity contribution < 1.29 is 15.3 Å². The highest BCUT2D eigenvalue weighted by Gasteiger charge is 2.21. The van der Waals surface area contributed by atoms with E-state index in [1.165, 1.54) is 6.07 Å². The fourth-order valence-corrected chi connectivity index (χ4v) is 1.27. The van der Waals surface area contributed by atoms with Crippen molar-refractivity contribution in [3.63, 3.8) is 0 Å². The molecule has 78 valence electrons. The first-order valence-corrected chi connectivity index (χ1v) is 4.83. The molecule has 1 rings (SSSR count). The quantitative estimate of drug-likeness (QED) is 0.551. The molecule has 1 heterocycles. The Balaban J connectivity index is 2.99. The molecule has 0 fully saturated rings. The number of pyridine rings is 1. The van der Waals surface area contributed by atoms with Gasteiger partial charge in [-0.2, -0.15) is 12.6 Å². The molecule has 0 aliphatic carbocycles. The van der Waals surface area contributed by atoms with E-state index in [1.54, 1.807) is 13.0 Å². The van der Waals surface area contributed by atoms with Crippen LogP contribution in [0.4, 0.5) is 0 Å². The van der Waals surface area contributed by atoms with E-state index >= 15 is 0 Å². The van der Waals surface area contributed by atoms with E-state index in [1.807, 2.05) is 0 Å². The summed E-state index contributed by atoms with van der Waals surface area (Å²) in [5.74, 6) is -0.0140. The van der Waals surface area contributed by atoms with E-state index in [-0.39, 0.29) is 17.2 Å². The number of hydrogen-bond acceptors (Lipinski definition) is 5. The number of hydrogen-bond donors (Lipinski definition) is 4. The molecule has 0 aliphatic heterocycles. The van der Waals surface area contributed by atoms with Crippen LogP contribution >= 0.6 is 12.6 Å². The van der Waals surface area contributed by atoms with Gasteiger partial charge >= 0.3 is 0 Å². The third-order valence-corrected chi connectivity index (χ3v) is 2.25. The lowest BCUT2D eigenvalue weighted by molar-refractivity contribution is 0.0293. The summed E-state index contributed by atoms with van der Waals surface area (Å²) in [6, 6.07) is 3.06. The Morgan fingerprint density at radius 2 is 2.07 bits per heavy atom. The minimum absolute atomic E-state index is 0.0894. The average Bonchev–Trinajstić information content (AvgIpc) is 2.19. The van der Waals surface area contributed by atoms with Crippen LogP contribution in [0.5, 0.6) is 5.75 Å². The van der Waals surface area contributed by atoms with Gasteiger partial charge in [-0.25, -0.2) is 0 Å². The monoisotopic (exact) mass is 215 g/mol. The van der Waals surface area contributed by atoms with Crippen LogP contribution in [0.1, 0.15) is 17.5 Å². The van der Waals surface area contributed by atoms with Crippen molar-refractivity contribution in [2.45, 2.75) is 19.1 Å². The number of aromatic nitrogens is 1. The van der Waals surface area contributed by atoms with E-state index in [2.05, 4.69) is 17.6 Å². The van der Waals surface area contributed by atoms with Crippen LogP contribution in [0.25, 0.3) is 0 Å². The molecule has 0 amide bonds. The minimum atomic E-state index is -1.20. The van der Waals surface area contributed by atoms with Crippen LogP contribution in [-0.2, 0) is 0 Å². The zero-order valence-electron chi connectivity index (χ0n) is 7.75. The normalized spacial score (nSPS) is 15.1. The maximum atomic E-state index is 9.57. The number of aliphatic hydroxyl groups is 2. The Kier molecular flexibility index (Phi) is 3.74. The summed E-state index contributed by atoms with van der Waals surface area (Å²) in [5, 5.41) is 28.3. The van der Waals surface area contributed by atoms with Crippen molar-refractivity contribution in [3.8, 4) is 5.75 Å². The van der Waals surface area contributed by atoms with Crippen LogP contribution in [0.2, 0.25) is 0 Å². The summed E-state index contributed by atoms with van der Waals surface area (Å²) in [6.45, 7) is 1.74. The molecule has 0 aromatic carbocycles. The highest BCUT2D eigenvalue weighted by molar-refractivity contribution is 7.80. The molecule has 5 heteroatoms. The van der Waals surface area contributed by atoms with Gasteiger partial charge in [-0.3, -0.25) is 4.98 Å². The molecule has 1 aromatic heterocycles. The smallest absolute Gasteiger partial charge is 0.139 e. The lowest BCUT2D eigenvalue weighted by Gasteiger charge is -2.16. The third kappa shape index (κ3) is 2.37. The molecule has 0 saturated heterocycles. The summed E-state index contributed by atoms with van der Waals surface area (Å²) in [7, 11) is 0. The van der Waals surface area contributed by atoms with E-state index in [0.717, 1.165) is 0 Å². The topological polar surface area (TPSA) is 73.6 Å². The SMILES string of the molecule is Cc1ccc(O)c(C(O)C(O)CS)n1. The van der Waals surface area contributed by atoms with Crippen molar-refractivity contribution in [2.75, 3.05) is 5.75 Å². The number of aliphatic hydroxyl groups excluding tert-OH is 2. The molecule has 0 saturated carbocycles.